The van der Waals surface area contributed by atoms with E-state index in [1.165, 1.54) is 51.4 Å². The van der Waals surface area contributed by atoms with Crippen LogP contribution in [0.3, 0.4) is 0 Å². The van der Waals surface area contributed by atoms with E-state index in [-0.39, 0.29) is 11.5 Å². The summed E-state index contributed by atoms with van der Waals surface area (Å²) in [7, 11) is 0. The predicted octanol–water partition coefficient (Wildman–Crippen LogP) is 7.23. The van der Waals surface area contributed by atoms with Gasteiger partial charge < -0.3 is 10.2 Å². The van der Waals surface area contributed by atoms with E-state index in [1.54, 1.807) is 6.92 Å². The van der Waals surface area contributed by atoms with Crippen molar-refractivity contribution in [2.45, 2.75) is 118 Å². The molecule has 5 aliphatic carbocycles. The number of carboxylic acid groups (broad SMARTS) is 1. The monoisotopic (exact) mass is 456 g/mol. The molecule has 0 heterocycles. The van der Waals surface area contributed by atoms with Crippen LogP contribution >= 0.6 is 0 Å². The summed E-state index contributed by atoms with van der Waals surface area (Å²) in [6.07, 6.45) is 15.7. The third-order valence-corrected chi connectivity index (χ3v) is 13.3. The highest BCUT2D eigenvalue weighted by Crippen LogP contribution is 2.89. The van der Waals surface area contributed by atoms with E-state index in [0.717, 1.165) is 31.1 Å². The Hall–Kier alpha value is -0.830. The normalized spacial score (nSPS) is 51.1. The van der Waals surface area contributed by atoms with Crippen LogP contribution in [0.1, 0.15) is 112 Å². The first-order chi connectivity index (χ1) is 15.4. The van der Waals surface area contributed by atoms with Crippen LogP contribution in [-0.2, 0) is 4.79 Å². The Morgan fingerprint density at radius 2 is 1.61 bits per heavy atom. The van der Waals surface area contributed by atoms with Gasteiger partial charge in [0.05, 0.1) is 6.10 Å². The number of hydrogen-bond acceptors (Lipinski definition) is 2. The minimum Gasteiger partial charge on any atom is -0.478 e. The number of aliphatic carboxylic acids is 1. The molecule has 5 saturated carbocycles. The van der Waals surface area contributed by atoms with Gasteiger partial charge in [0, 0.05) is 5.57 Å². The molecule has 5 fully saturated rings. The predicted molar refractivity (Wildman–Crippen MR) is 133 cm³/mol. The molecule has 0 bridgehead atoms. The van der Waals surface area contributed by atoms with Crippen molar-refractivity contribution in [1.29, 1.82) is 0 Å². The maximum Gasteiger partial charge on any atom is 0.330 e. The maximum absolute atomic E-state index is 11.2. The average molecular weight is 457 g/mol. The van der Waals surface area contributed by atoms with E-state index in [9.17, 15) is 15.0 Å². The second kappa shape index (κ2) is 7.34. The van der Waals surface area contributed by atoms with Gasteiger partial charge in [0.2, 0.25) is 0 Å². The smallest absolute Gasteiger partial charge is 0.330 e. The van der Waals surface area contributed by atoms with Crippen LogP contribution in [0.2, 0.25) is 0 Å². The third-order valence-electron chi connectivity index (χ3n) is 13.3. The van der Waals surface area contributed by atoms with Crippen LogP contribution in [0.25, 0.3) is 0 Å². The molecule has 0 unspecified atom stereocenters. The highest BCUT2D eigenvalue weighted by molar-refractivity contribution is 5.85. The lowest BCUT2D eigenvalue weighted by Gasteiger charge is -2.63. The van der Waals surface area contributed by atoms with E-state index in [0.29, 0.717) is 39.1 Å². The molecule has 33 heavy (non-hydrogen) atoms. The molecule has 3 heteroatoms. The molecule has 186 valence electrons. The standard InChI is InChI=1S/C30H48O3/c1-19(8-7-9-20(2)25(32)33)21-12-14-28(6)23-11-10-22-26(3,4)24(31)13-15-29(22)18-30(23,29)17-16-27(21,28)5/h9,19,21-24,31H,7-8,10-18H2,1-6H3,(H,32,33)/b20-9-/t19-,21-,22+,23+,24+,27-,28+,29-,30+/m1/s1. The Labute approximate surface area is 201 Å². The molecule has 0 amide bonds. The lowest BCUT2D eigenvalue weighted by Crippen LogP contribution is -2.57. The second-order valence-corrected chi connectivity index (χ2v) is 14.3. The third kappa shape index (κ3) is 2.93. The summed E-state index contributed by atoms with van der Waals surface area (Å²) in [5, 5.41) is 20.0. The molecule has 2 spiro atoms. The molecular formula is C30H48O3. The lowest BCUT2D eigenvalue weighted by atomic mass is 9.41. The van der Waals surface area contributed by atoms with Gasteiger partial charge in [-0.25, -0.2) is 4.79 Å². The molecule has 0 radical (unpaired) electrons. The summed E-state index contributed by atoms with van der Waals surface area (Å²) < 4.78 is 0. The number of fused-ring (bicyclic) bond motifs is 2. The Bertz CT molecular complexity index is 859. The minimum atomic E-state index is -0.784. The fourth-order valence-electron chi connectivity index (χ4n) is 11.2. The highest BCUT2D eigenvalue weighted by Gasteiger charge is 2.82. The van der Waals surface area contributed by atoms with E-state index >= 15 is 0 Å². The first-order valence-corrected chi connectivity index (χ1v) is 13.9. The van der Waals surface area contributed by atoms with Crippen molar-refractivity contribution in [3.05, 3.63) is 11.6 Å². The van der Waals surface area contributed by atoms with Crippen molar-refractivity contribution in [2.75, 3.05) is 0 Å². The first-order valence-electron chi connectivity index (χ1n) is 13.9. The van der Waals surface area contributed by atoms with Crippen molar-refractivity contribution in [1.82, 2.24) is 0 Å². The summed E-state index contributed by atoms with van der Waals surface area (Å²) in [6.45, 7) is 14.2. The Morgan fingerprint density at radius 3 is 2.30 bits per heavy atom. The van der Waals surface area contributed by atoms with Crippen molar-refractivity contribution in [2.24, 2.45) is 50.7 Å². The van der Waals surface area contributed by atoms with E-state index in [1.807, 2.05) is 6.08 Å². The van der Waals surface area contributed by atoms with Crippen LogP contribution in [0, 0.1) is 50.7 Å². The SMILES string of the molecule is C/C(=C/CC[C@@H](C)[C@H]1CC[C@@]2(C)[C@@H]3CC[C@H]4C(C)(C)[C@@H](O)CC[C@@]45C[C@@]35CC[C@]12C)C(=O)O. The summed E-state index contributed by atoms with van der Waals surface area (Å²) in [5.41, 5.74) is 2.48. The van der Waals surface area contributed by atoms with Crippen molar-refractivity contribution >= 4 is 5.97 Å². The fourth-order valence-corrected chi connectivity index (χ4v) is 11.2. The molecular weight excluding hydrogens is 408 g/mol. The molecule has 0 aromatic heterocycles. The number of aliphatic hydroxyl groups is 1. The zero-order valence-corrected chi connectivity index (χ0v) is 22.0. The quantitative estimate of drug-likeness (QED) is 0.429. The number of rotatable bonds is 5. The van der Waals surface area contributed by atoms with Gasteiger partial charge in [0.15, 0.2) is 0 Å². The average Bonchev–Trinajstić information content (AvgIpc) is 3.33. The highest BCUT2D eigenvalue weighted by atomic mass is 16.4. The van der Waals surface area contributed by atoms with Crippen LogP contribution in [0.5, 0.6) is 0 Å². The first kappa shape index (κ1) is 23.9. The van der Waals surface area contributed by atoms with Gasteiger partial charge in [-0.2, -0.15) is 0 Å². The van der Waals surface area contributed by atoms with Gasteiger partial charge in [-0.1, -0.05) is 40.7 Å². The van der Waals surface area contributed by atoms with Crippen LogP contribution < -0.4 is 0 Å². The van der Waals surface area contributed by atoms with Crippen LogP contribution in [0.15, 0.2) is 11.6 Å². The molecule has 3 nitrogen and oxygen atoms in total. The van der Waals surface area contributed by atoms with E-state index < -0.39 is 5.97 Å². The second-order valence-electron chi connectivity index (χ2n) is 14.3. The molecule has 0 aliphatic heterocycles. The van der Waals surface area contributed by atoms with Gasteiger partial charge in [-0.05, 0) is 128 Å². The van der Waals surface area contributed by atoms with Gasteiger partial charge in [0.25, 0.3) is 0 Å². The van der Waals surface area contributed by atoms with Crippen LogP contribution in [0.4, 0.5) is 0 Å². The van der Waals surface area contributed by atoms with Gasteiger partial charge in [-0.15, -0.1) is 0 Å². The zero-order valence-electron chi connectivity index (χ0n) is 22.0. The summed E-state index contributed by atoms with van der Waals surface area (Å²) >= 11 is 0. The zero-order chi connectivity index (χ0) is 24.0. The topological polar surface area (TPSA) is 57.5 Å². The molecule has 0 saturated heterocycles. The Morgan fingerprint density at radius 1 is 0.939 bits per heavy atom. The number of allylic oxidation sites excluding steroid dienone is 1. The Balaban J connectivity index is 1.37. The van der Waals surface area contributed by atoms with Crippen molar-refractivity contribution in [3.63, 3.8) is 0 Å². The maximum atomic E-state index is 11.2. The number of carbonyl (C=O) groups is 1. The molecule has 9 atom stereocenters. The van der Waals surface area contributed by atoms with E-state index in [4.69, 9.17) is 0 Å². The van der Waals surface area contributed by atoms with Gasteiger partial charge in [-0.3, -0.25) is 0 Å². The van der Waals surface area contributed by atoms with Crippen molar-refractivity contribution in [3.8, 4) is 0 Å². The summed E-state index contributed by atoms with van der Waals surface area (Å²) in [6, 6.07) is 0. The number of hydrogen-bond donors (Lipinski definition) is 2. The van der Waals surface area contributed by atoms with E-state index in [2.05, 4.69) is 34.6 Å². The molecule has 2 N–H and O–H groups in total. The largest absolute Gasteiger partial charge is 0.478 e. The molecule has 0 aromatic carbocycles. The van der Waals surface area contributed by atoms with Gasteiger partial charge in [0.1, 0.15) is 0 Å². The fraction of sp³-hybridized carbons (Fsp3) is 0.900. The molecule has 0 aromatic rings. The lowest BCUT2D eigenvalue weighted by molar-refractivity contribution is -0.161. The van der Waals surface area contributed by atoms with Crippen LogP contribution in [-0.4, -0.2) is 22.3 Å². The molecule has 5 rings (SSSR count). The number of aliphatic hydroxyl groups excluding tert-OH is 1. The number of carboxylic acids is 1. The summed E-state index contributed by atoms with van der Waals surface area (Å²) in [5.74, 6) is 2.19. The summed E-state index contributed by atoms with van der Waals surface area (Å²) in [4.78, 5) is 11.2. The van der Waals surface area contributed by atoms with Crippen molar-refractivity contribution < 1.29 is 15.0 Å². The molecule has 5 aliphatic rings. The minimum absolute atomic E-state index is 0.0721. The Kier molecular flexibility index (Phi) is 5.31. The van der Waals surface area contributed by atoms with Gasteiger partial charge >= 0.3 is 5.97 Å².